The third kappa shape index (κ3) is 3.62. The number of nitro groups is 1. The molecule has 2 aromatic rings. The van der Waals surface area contributed by atoms with Crippen molar-refractivity contribution >= 4 is 33.1 Å². The minimum absolute atomic E-state index is 0.215. The summed E-state index contributed by atoms with van der Waals surface area (Å²) in [5.41, 5.74) is 4.12. The minimum Gasteiger partial charge on any atom is -0.397 e. The van der Waals surface area contributed by atoms with Crippen LogP contribution in [0.5, 0.6) is 0 Å². The van der Waals surface area contributed by atoms with Gasteiger partial charge in [0.15, 0.2) is 0 Å². The summed E-state index contributed by atoms with van der Waals surface area (Å²) in [6.07, 6.45) is 0. The van der Waals surface area contributed by atoms with Crippen molar-refractivity contribution in [3.05, 3.63) is 58.1 Å². The Bertz CT molecular complexity index is 880. The molecule has 2 rings (SSSR count). The third-order valence-electron chi connectivity index (χ3n) is 2.89. The van der Waals surface area contributed by atoms with Gasteiger partial charge in [-0.2, -0.15) is 8.42 Å². The summed E-state index contributed by atoms with van der Waals surface area (Å²) in [7, 11) is -4.70. The van der Waals surface area contributed by atoms with E-state index in [0.717, 1.165) is 12.1 Å². The Labute approximate surface area is 130 Å². The maximum atomic E-state index is 12.1. The van der Waals surface area contributed by atoms with Crippen molar-refractivity contribution in [2.75, 3.05) is 11.1 Å². The van der Waals surface area contributed by atoms with Crippen LogP contribution >= 0.6 is 0 Å². The molecule has 0 bridgehead atoms. The standard InChI is InChI=1S/C13H11N3O6S/c14-9-6-11(16(18)19)10(7-12(9)23(20,21)22)15-13(17)8-4-2-1-3-5-8/h1-7H,14H2,(H,15,17)(H,20,21,22). The monoisotopic (exact) mass is 337 g/mol. The van der Waals surface area contributed by atoms with Gasteiger partial charge in [-0.25, -0.2) is 0 Å². The van der Waals surface area contributed by atoms with Crippen LogP contribution in [0, 0.1) is 10.1 Å². The quantitative estimate of drug-likeness (QED) is 0.332. The maximum Gasteiger partial charge on any atom is 0.296 e. The van der Waals surface area contributed by atoms with Crippen molar-refractivity contribution in [3.63, 3.8) is 0 Å². The molecule has 23 heavy (non-hydrogen) atoms. The van der Waals surface area contributed by atoms with Gasteiger partial charge in [0.1, 0.15) is 10.6 Å². The Morgan fingerprint density at radius 2 is 1.83 bits per heavy atom. The second kappa shape index (κ2) is 6.02. The van der Waals surface area contributed by atoms with Gasteiger partial charge in [0.25, 0.3) is 21.7 Å². The van der Waals surface area contributed by atoms with Gasteiger partial charge in [-0.1, -0.05) is 18.2 Å². The number of hydrogen-bond donors (Lipinski definition) is 3. The molecule has 0 aliphatic rings. The molecule has 0 aromatic heterocycles. The van der Waals surface area contributed by atoms with Crippen molar-refractivity contribution in [2.24, 2.45) is 0 Å². The van der Waals surface area contributed by atoms with E-state index >= 15 is 0 Å². The van der Waals surface area contributed by atoms with Crippen LogP contribution in [0.4, 0.5) is 17.1 Å². The lowest BCUT2D eigenvalue weighted by Gasteiger charge is -2.09. The van der Waals surface area contributed by atoms with E-state index in [4.69, 9.17) is 10.3 Å². The van der Waals surface area contributed by atoms with Gasteiger partial charge in [0.05, 0.1) is 10.6 Å². The molecule has 120 valence electrons. The summed E-state index contributed by atoms with van der Waals surface area (Å²) >= 11 is 0. The van der Waals surface area contributed by atoms with Crippen LogP contribution in [-0.4, -0.2) is 23.8 Å². The Balaban J connectivity index is 2.52. The zero-order chi connectivity index (χ0) is 17.2. The maximum absolute atomic E-state index is 12.1. The van der Waals surface area contributed by atoms with Crippen molar-refractivity contribution in [1.29, 1.82) is 0 Å². The van der Waals surface area contributed by atoms with Crippen molar-refractivity contribution in [1.82, 2.24) is 0 Å². The molecule has 0 saturated heterocycles. The number of nitrogens with two attached hydrogens (primary N) is 1. The van der Waals surface area contributed by atoms with Crippen LogP contribution in [0.1, 0.15) is 10.4 Å². The average molecular weight is 337 g/mol. The van der Waals surface area contributed by atoms with E-state index in [-0.39, 0.29) is 5.56 Å². The third-order valence-corrected chi connectivity index (χ3v) is 3.80. The van der Waals surface area contributed by atoms with Gasteiger partial charge < -0.3 is 11.1 Å². The number of nitrogen functional groups attached to an aromatic ring is 1. The van der Waals surface area contributed by atoms with E-state index in [2.05, 4.69) is 5.32 Å². The van der Waals surface area contributed by atoms with Gasteiger partial charge in [-0.15, -0.1) is 0 Å². The number of hydrogen-bond acceptors (Lipinski definition) is 6. The molecule has 2 aromatic carbocycles. The molecule has 9 nitrogen and oxygen atoms in total. The lowest BCUT2D eigenvalue weighted by Crippen LogP contribution is -2.14. The molecule has 0 aliphatic heterocycles. The fraction of sp³-hybridized carbons (Fsp3) is 0. The first-order chi connectivity index (χ1) is 10.7. The molecule has 0 radical (unpaired) electrons. The molecule has 0 fully saturated rings. The van der Waals surface area contributed by atoms with Crippen LogP contribution in [0.3, 0.4) is 0 Å². The molecule has 0 atom stereocenters. The number of nitro benzene ring substituents is 1. The molecule has 10 heteroatoms. The van der Waals surface area contributed by atoms with Crippen molar-refractivity contribution in [2.45, 2.75) is 4.90 Å². The summed E-state index contributed by atoms with van der Waals surface area (Å²) in [5, 5.41) is 13.3. The Morgan fingerprint density at radius 1 is 1.22 bits per heavy atom. The zero-order valence-electron chi connectivity index (χ0n) is 11.5. The normalized spacial score (nSPS) is 11.0. The number of rotatable bonds is 4. The molecule has 0 aliphatic carbocycles. The minimum atomic E-state index is -4.70. The Morgan fingerprint density at radius 3 is 2.35 bits per heavy atom. The number of benzene rings is 2. The predicted octanol–water partition coefficient (Wildman–Crippen LogP) is 1.68. The zero-order valence-corrected chi connectivity index (χ0v) is 12.3. The van der Waals surface area contributed by atoms with E-state index in [1.54, 1.807) is 18.2 Å². The fourth-order valence-electron chi connectivity index (χ4n) is 1.84. The van der Waals surface area contributed by atoms with Gasteiger partial charge in [0, 0.05) is 11.6 Å². The van der Waals surface area contributed by atoms with Gasteiger partial charge in [-0.3, -0.25) is 19.5 Å². The summed E-state index contributed by atoms with van der Waals surface area (Å²) < 4.78 is 31.6. The van der Waals surface area contributed by atoms with Crippen molar-refractivity contribution < 1.29 is 22.7 Å². The molecule has 4 N–H and O–H groups in total. The number of carbonyl (C=O) groups is 1. The second-order valence-electron chi connectivity index (χ2n) is 4.46. The first-order valence-electron chi connectivity index (χ1n) is 6.12. The van der Waals surface area contributed by atoms with Crippen LogP contribution in [0.25, 0.3) is 0 Å². The average Bonchev–Trinajstić information content (AvgIpc) is 2.48. The number of nitrogens with zero attached hydrogens (tertiary/aromatic N) is 1. The van der Waals surface area contributed by atoms with Crippen LogP contribution < -0.4 is 11.1 Å². The van der Waals surface area contributed by atoms with E-state index in [1.165, 1.54) is 12.1 Å². The predicted molar refractivity (Wildman–Crippen MR) is 81.7 cm³/mol. The first kappa shape index (κ1) is 16.4. The van der Waals surface area contributed by atoms with E-state index < -0.39 is 42.9 Å². The SMILES string of the molecule is Nc1cc([N+](=O)[O-])c(NC(=O)c2ccccc2)cc1S(=O)(=O)O. The highest BCUT2D eigenvalue weighted by molar-refractivity contribution is 7.86. The van der Waals surface area contributed by atoms with Crippen LogP contribution in [-0.2, 0) is 10.1 Å². The Kier molecular flexibility index (Phi) is 4.29. The summed E-state index contributed by atoms with van der Waals surface area (Å²) in [4.78, 5) is 21.5. The van der Waals surface area contributed by atoms with E-state index in [1.807, 2.05) is 0 Å². The van der Waals surface area contributed by atoms with Gasteiger partial charge in [-0.05, 0) is 18.2 Å². The van der Waals surface area contributed by atoms with Crippen molar-refractivity contribution in [3.8, 4) is 0 Å². The molecule has 0 heterocycles. The highest BCUT2D eigenvalue weighted by Crippen LogP contribution is 2.32. The number of anilines is 2. The molecule has 0 saturated carbocycles. The van der Waals surface area contributed by atoms with E-state index in [0.29, 0.717) is 0 Å². The van der Waals surface area contributed by atoms with Crippen LogP contribution in [0.15, 0.2) is 47.4 Å². The first-order valence-corrected chi connectivity index (χ1v) is 7.56. The highest BCUT2D eigenvalue weighted by atomic mass is 32.2. The van der Waals surface area contributed by atoms with Gasteiger partial charge >= 0.3 is 0 Å². The van der Waals surface area contributed by atoms with E-state index in [9.17, 15) is 23.3 Å². The number of carbonyl (C=O) groups excluding carboxylic acids is 1. The summed E-state index contributed by atoms with van der Waals surface area (Å²) in [5.74, 6) is -0.681. The molecular formula is C13H11N3O6S. The van der Waals surface area contributed by atoms with Crippen LogP contribution in [0.2, 0.25) is 0 Å². The lowest BCUT2D eigenvalue weighted by atomic mass is 10.2. The number of nitrogens with one attached hydrogen (secondary N) is 1. The molecule has 0 unspecified atom stereocenters. The largest absolute Gasteiger partial charge is 0.397 e. The highest BCUT2D eigenvalue weighted by Gasteiger charge is 2.24. The number of amides is 1. The fourth-order valence-corrected chi connectivity index (χ4v) is 2.47. The summed E-state index contributed by atoms with van der Waals surface area (Å²) in [6.45, 7) is 0. The topological polar surface area (TPSA) is 153 Å². The van der Waals surface area contributed by atoms with Gasteiger partial charge in [0.2, 0.25) is 0 Å². The Hall–Kier alpha value is -2.98. The lowest BCUT2D eigenvalue weighted by molar-refractivity contribution is -0.383. The molecule has 1 amide bonds. The molecular weight excluding hydrogens is 326 g/mol. The smallest absolute Gasteiger partial charge is 0.296 e. The summed E-state index contributed by atoms with van der Waals surface area (Å²) in [6, 6.07) is 9.31. The second-order valence-corrected chi connectivity index (χ2v) is 5.85. The molecule has 0 spiro atoms.